The number of carbonyl (C=O) groups is 3. The number of hydrogen-bond donors (Lipinski definition) is 2. The molecule has 1 aromatic heterocycles. The normalized spacial score (nSPS) is 12.9. The maximum absolute atomic E-state index is 12.9. The van der Waals surface area contributed by atoms with Crippen LogP contribution in [0.5, 0.6) is 0 Å². The van der Waals surface area contributed by atoms with E-state index in [1.165, 1.54) is 7.11 Å². The van der Waals surface area contributed by atoms with Crippen LogP contribution in [0.2, 0.25) is 0 Å². The van der Waals surface area contributed by atoms with E-state index in [0.717, 1.165) is 18.4 Å². The Morgan fingerprint density at radius 1 is 1.06 bits per heavy atom. The van der Waals surface area contributed by atoms with Crippen molar-refractivity contribution in [2.75, 3.05) is 19.0 Å². The van der Waals surface area contributed by atoms with E-state index in [-0.39, 0.29) is 42.8 Å². The Bertz CT molecular complexity index is 1280. The number of hydrogen-bond acceptors (Lipinski definition) is 6. The molecule has 2 N–H and O–H groups in total. The van der Waals surface area contributed by atoms with E-state index in [0.29, 0.717) is 28.8 Å². The number of aryl methyl sites for hydroxylation is 1. The predicted molar refractivity (Wildman–Crippen MR) is 126 cm³/mol. The molecule has 0 saturated heterocycles. The molecule has 0 radical (unpaired) electrons. The smallest absolute Gasteiger partial charge is 0.325 e. The highest BCUT2D eigenvalue weighted by atomic mass is 16.5. The van der Waals surface area contributed by atoms with Crippen molar-refractivity contribution in [3.63, 3.8) is 0 Å². The fraction of sp³-hybridized carbons (Fsp3) is 0.320. The fourth-order valence-corrected chi connectivity index (χ4v) is 3.72. The number of carbonyl (C=O) groups excluding carboxylic acids is 3. The van der Waals surface area contributed by atoms with E-state index in [9.17, 15) is 19.2 Å². The number of rotatable bonds is 9. The van der Waals surface area contributed by atoms with Crippen molar-refractivity contribution in [1.29, 1.82) is 0 Å². The molecule has 4 rings (SSSR count). The van der Waals surface area contributed by atoms with Crippen LogP contribution in [-0.2, 0) is 32.0 Å². The summed E-state index contributed by atoms with van der Waals surface area (Å²) in [5.41, 5.74) is 1.95. The van der Waals surface area contributed by atoms with Crippen LogP contribution in [0.25, 0.3) is 10.9 Å². The van der Waals surface area contributed by atoms with Crippen molar-refractivity contribution in [2.45, 2.75) is 38.1 Å². The van der Waals surface area contributed by atoms with Gasteiger partial charge in [-0.3, -0.25) is 23.7 Å². The van der Waals surface area contributed by atoms with Crippen molar-refractivity contribution < 1.29 is 19.1 Å². The quantitative estimate of drug-likeness (QED) is 0.470. The van der Waals surface area contributed by atoms with E-state index < -0.39 is 5.97 Å². The summed E-state index contributed by atoms with van der Waals surface area (Å²) < 4.78 is 6.23. The average molecular weight is 463 g/mol. The van der Waals surface area contributed by atoms with Crippen molar-refractivity contribution in [3.8, 4) is 0 Å². The molecule has 2 aromatic carbocycles. The molecule has 9 nitrogen and oxygen atoms in total. The van der Waals surface area contributed by atoms with Crippen molar-refractivity contribution in [2.24, 2.45) is 0 Å². The zero-order valence-corrected chi connectivity index (χ0v) is 18.9. The minimum absolute atomic E-state index is 0.0466. The Hall–Kier alpha value is -4.01. The van der Waals surface area contributed by atoms with Gasteiger partial charge in [-0.1, -0.05) is 24.3 Å². The number of aromatic nitrogens is 2. The Balaban J connectivity index is 1.34. The van der Waals surface area contributed by atoms with Crippen molar-refractivity contribution >= 4 is 34.4 Å². The Morgan fingerprint density at radius 3 is 2.50 bits per heavy atom. The van der Waals surface area contributed by atoms with Crippen LogP contribution in [0.3, 0.4) is 0 Å². The first kappa shape index (κ1) is 23.2. The number of anilines is 1. The van der Waals surface area contributed by atoms with Gasteiger partial charge in [-0.25, -0.2) is 4.98 Å². The summed E-state index contributed by atoms with van der Waals surface area (Å²) >= 11 is 0. The molecule has 3 aromatic rings. The third kappa shape index (κ3) is 5.67. The van der Waals surface area contributed by atoms with Gasteiger partial charge < -0.3 is 15.4 Å². The molecule has 1 fully saturated rings. The lowest BCUT2D eigenvalue weighted by molar-refractivity contribution is -0.141. The molecule has 2 amide bonds. The number of para-hydroxylation sites is 1. The topological polar surface area (TPSA) is 119 Å². The van der Waals surface area contributed by atoms with Crippen molar-refractivity contribution in [1.82, 2.24) is 14.9 Å². The number of esters is 1. The number of fused-ring (bicyclic) bond motifs is 1. The molecule has 0 atom stereocenters. The van der Waals surface area contributed by atoms with E-state index in [2.05, 4.69) is 20.4 Å². The molecule has 0 spiro atoms. The number of benzene rings is 2. The number of methoxy groups -OCH3 is 1. The standard InChI is InChI=1S/C25H26N4O5/c1-34-24(32)15-26-23(31)14-16-6-8-17(9-7-16)27-22(30)13-12-21-28-20-5-3-2-4-19(20)25(33)29(21)18-10-11-18/h2-9,18H,10-15H2,1H3,(H,26,31)(H,27,30). The molecule has 34 heavy (non-hydrogen) atoms. The molecular weight excluding hydrogens is 436 g/mol. The van der Waals surface area contributed by atoms with Crippen LogP contribution in [0.4, 0.5) is 5.69 Å². The van der Waals surface area contributed by atoms with Crippen molar-refractivity contribution in [3.05, 3.63) is 70.3 Å². The number of nitrogens with one attached hydrogen (secondary N) is 2. The van der Waals surface area contributed by atoms with Gasteiger partial charge >= 0.3 is 5.97 Å². The van der Waals surface area contributed by atoms with Crippen LogP contribution in [-0.4, -0.2) is 41.0 Å². The second-order valence-electron chi connectivity index (χ2n) is 8.23. The molecule has 1 aliphatic rings. The first-order valence-corrected chi connectivity index (χ1v) is 11.2. The maximum atomic E-state index is 12.9. The van der Waals surface area contributed by atoms with Crippen LogP contribution in [0, 0.1) is 0 Å². The zero-order valence-electron chi connectivity index (χ0n) is 18.9. The largest absolute Gasteiger partial charge is 0.468 e. The molecule has 0 aliphatic heterocycles. The molecule has 9 heteroatoms. The predicted octanol–water partition coefficient (Wildman–Crippen LogP) is 2.13. The molecule has 0 unspecified atom stereocenters. The molecule has 1 aliphatic carbocycles. The van der Waals surface area contributed by atoms with Gasteiger partial charge in [0.2, 0.25) is 11.8 Å². The first-order valence-electron chi connectivity index (χ1n) is 11.2. The van der Waals surface area contributed by atoms with Crippen LogP contribution in [0.15, 0.2) is 53.3 Å². The summed E-state index contributed by atoms with van der Waals surface area (Å²) in [6, 6.07) is 14.4. The van der Waals surface area contributed by atoms with E-state index in [1.807, 2.05) is 18.2 Å². The molecule has 1 saturated carbocycles. The summed E-state index contributed by atoms with van der Waals surface area (Å²) in [4.78, 5) is 53.1. The van der Waals surface area contributed by atoms with Crippen LogP contribution >= 0.6 is 0 Å². The van der Waals surface area contributed by atoms with Crippen LogP contribution < -0.4 is 16.2 Å². The zero-order chi connectivity index (χ0) is 24.1. The Kier molecular flexibility index (Phi) is 7.01. The second kappa shape index (κ2) is 10.3. The lowest BCUT2D eigenvalue weighted by Gasteiger charge is -2.13. The molecule has 1 heterocycles. The summed E-state index contributed by atoms with van der Waals surface area (Å²) in [5, 5.41) is 5.92. The summed E-state index contributed by atoms with van der Waals surface area (Å²) in [7, 11) is 1.26. The van der Waals surface area contributed by atoms with Crippen LogP contribution in [0.1, 0.15) is 36.7 Å². The SMILES string of the molecule is COC(=O)CNC(=O)Cc1ccc(NC(=O)CCc2nc3ccccc3c(=O)n2C2CC2)cc1. The third-order valence-electron chi connectivity index (χ3n) is 5.63. The first-order chi connectivity index (χ1) is 16.4. The average Bonchev–Trinajstić information content (AvgIpc) is 3.67. The van der Waals surface area contributed by atoms with E-state index >= 15 is 0 Å². The van der Waals surface area contributed by atoms with Gasteiger partial charge in [-0.2, -0.15) is 0 Å². The number of amides is 2. The van der Waals surface area contributed by atoms with Gasteiger partial charge in [0.05, 0.1) is 24.4 Å². The Labute approximate surface area is 196 Å². The number of ether oxygens (including phenoxy) is 1. The molecule has 0 bridgehead atoms. The van der Waals surface area contributed by atoms with E-state index in [1.54, 1.807) is 34.9 Å². The Morgan fingerprint density at radius 2 is 1.79 bits per heavy atom. The van der Waals surface area contributed by atoms with Gasteiger partial charge in [0.25, 0.3) is 5.56 Å². The van der Waals surface area contributed by atoms with Gasteiger partial charge in [0, 0.05) is 24.6 Å². The molecular formula is C25H26N4O5. The number of nitrogens with zero attached hydrogens (tertiary/aromatic N) is 2. The highest BCUT2D eigenvalue weighted by Gasteiger charge is 2.28. The fourth-order valence-electron chi connectivity index (χ4n) is 3.72. The second-order valence-corrected chi connectivity index (χ2v) is 8.23. The third-order valence-corrected chi connectivity index (χ3v) is 5.63. The summed E-state index contributed by atoms with van der Waals surface area (Å²) in [6.45, 7) is -0.176. The minimum atomic E-state index is -0.514. The lowest BCUT2D eigenvalue weighted by atomic mass is 10.1. The highest BCUT2D eigenvalue weighted by molar-refractivity contribution is 5.91. The summed E-state index contributed by atoms with van der Waals surface area (Å²) in [5.74, 6) is -0.366. The maximum Gasteiger partial charge on any atom is 0.325 e. The van der Waals surface area contributed by atoms with Gasteiger partial charge in [-0.05, 0) is 42.7 Å². The molecule has 176 valence electrons. The lowest BCUT2D eigenvalue weighted by Crippen LogP contribution is -2.31. The van der Waals surface area contributed by atoms with Gasteiger partial charge in [-0.15, -0.1) is 0 Å². The van der Waals surface area contributed by atoms with E-state index in [4.69, 9.17) is 0 Å². The van der Waals surface area contributed by atoms with Gasteiger partial charge in [0.1, 0.15) is 12.4 Å². The van der Waals surface area contributed by atoms with Gasteiger partial charge in [0.15, 0.2) is 0 Å². The summed E-state index contributed by atoms with van der Waals surface area (Å²) in [6.07, 6.45) is 2.56. The minimum Gasteiger partial charge on any atom is -0.468 e. The highest BCUT2D eigenvalue weighted by Crippen LogP contribution is 2.34. The monoisotopic (exact) mass is 462 g/mol.